The molecule has 9 heteroatoms. The molecule has 1 amide bonds. The highest BCUT2D eigenvalue weighted by molar-refractivity contribution is 7.91. The average Bonchev–Trinajstić information content (AvgIpc) is 2.85. The molecule has 0 unspecified atom stereocenters. The van der Waals surface area contributed by atoms with Crippen molar-refractivity contribution in [3.8, 4) is 0 Å². The van der Waals surface area contributed by atoms with E-state index in [4.69, 9.17) is 0 Å². The zero-order valence-corrected chi connectivity index (χ0v) is 22.7. The smallest absolute Gasteiger partial charge is 0.253 e. The number of anilines is 4. The van der Waals surface area contributed by atoms with Crippen molar-refractivity contribution in [3.63, 3.8) is 0 Å². The minimum atomic E-state index is -3.42. The molecule has 1 aliphatic rings. The maximum absolute atomic E-state index is 12.8. The lowest BCUT2D eigenvalue weighted by Gasteiger charge is -2.26. The third-order valence-electron chi connectivity index (χ3n) is 6.08. The van der Waals surface area contributed by atoms with Crippen LogP contribution in [0.25, 0.3) is 0 Å². The van der Waals surface area contributed by atoms with E-state index in [1.54, 1.807) is 24.4 Å². The molecule has 1 saturated heterocycles. The molecule has 2 heterocycles. The maximum atomic E-state index is 12.8. The molecule has 0 bridgehead atoms. The van der Waals surface area contributed by atoms with Crippen LogP contribution in [0.5, 0.6) is 0 Å². The summed E-state index contributed by atoms with van der Waals surface area (Å²) in [4.78, 5) is 23.9. The van der Waals surface area contributed by atoms with E-state index in [1.165, 1.54) is 6.42 Å². The molecule has 2 N–H and O–H groups in total. The molecule has 0 saturated carbocycles. The van der Waals surface area contributed by atoms with Gasteiger partial charge in [0.25, 0.3) is 5.91 Å². The van der Waals surface area contributed by atoms with Crippen LogP contribution < -0.4 is 10.6 Å². The van der Waals surface area contributed by atoms with Gasteiger partial charge < -0.3 is 15.5 Å². The molecule has 0 aliphatic carbocycles. The Bertz CT molecular complexity index is 1360. The highest BCUT2D eigenvalue weighted by Crippen LogP contribution is 2.26. The van der Waals surface area contributed by atoms with Crippen molar-refractivity contribution in [1.29, 1.82) is 0 Å². The molecule has 4 rings (SSSR count). The van der Waals surface area contributed by atoms with Gasteiger partial charge in [-0.2, -0.15) is 4.98 Å². The normalized spacial score (nSPS) is 14.3. The number of carbonyl (C=O) groups excluding carboxylic acids is 1. The minimum absolute atomic E-state index is 0.0620. The Hall–Kier alpha value is -3.46. The number of hydrogen-bond donors (Lipinski definition) is 2. The van der Waals surface area contributed by atoms with E-state index in [-0.39, 0.29) is 22.0 Å². The fourth-order valence-electron chi connectivity index (χ4n) is 4.29. The van der Waals surface area contributed by atoms with Crippen LogP contribution in [0.15, 0.2) is 59.6 Å². The zero-order valence-electron chi connectivity index (χ0n) is 21.9. The van der Waals surface area contributed by atoms with E-state index in [2.05, 4.69) is 20.6 Å². The molecule has 2 aromatic carbocycles. The molecule has 1 aliphatic heterocycles. The minimum Gasteiger partial charge on any atom is -0.340 e. The number of benzene rings is 2. The van der Waals surface area contributed by atoms with E-state index in [9.17, 15) is 13.2 Å². The predicted molar refractivity (Wildman–Crippen MR) is 147 cm³/mol. The number of rotatable bonds is 7. The van der Waals surface area contributed by atoms with Crippen LogP contribution in [0, 0.1) is 12.3 Å². The Morgan fingerprint density at radius 3 is 2.35 bits per heavy atom. The summed E-state index contributed by atoms with van der Waals surface area (Å²) in [7, 11) is -3.42. The van der Waals surface area contributed by atoms with Crippen LogP contribution in [0.3, 0.4) is 0 Å². The van der Waals surface area contributed by atoms with Gasteiger partial charge >= 0.3 is 0 Å². The molecule has 3 aromatic rings. The van der Waals surface area contributed by atoms with Crippen molar-refractivity contribution >= 4 is 38.9 Å². The van der Waals surface area contributed by atoms with E-state index >= 15 is 0 Å². The Morgan fingerprint density at radius 2 is 1.68 bits per heavy atom. The number of aryl methyl sites for hydroxylation is 1. The SMILES string of the molecule is Cc1cnc(Nc2ccc(C(=O)N3CCCCC3)cc2)nc1Nc1cccc(S(=O)(=O)CC(C)(C)C)c1. The first-order chi connectivity index (χ1) is 17.5. The predicted octanol–water partition coefficient (Wildman–Crippen LogP) is 5.72. The molecule has 0 radical (unpaired) electrons. The number of aromatic nitrogens is 2. The summed E-state index contributed by atoms with van der Waals surface area (Å²) in [6.45, 7) is 9.24. The highest BCUT2D eigenvalue weighted by Gasteiger charge is 2.24. The molecule has 8 nitrogen and oxygen atoms in total. The Morgan fingerprint density at radius 1 is 0.973 bits per heavy atom. The third kappa shape index (κ3) is 7.07. The number of sulfone groups is 1. The van der Waals surface area contributed by atoms with Crippen LogP contribution in [0.1, 0.15) is 56.0 Å². The average molecular weight is 522 g/mol. The molecule has 0 atom stereocenters. The number of hydrogen-bond acceptors (Lipinski definition) is 7. The first-order valence-corrected chi connectivity index (χ1v) is 14.3. The van der Waals surface area contributed by atoms with Crippen molar-refractivity contribution in [2.24, 2.45) is 5.41 Å². The summed E-state index contributed by atoms with van der Waals surface area (Å²) in [5, 5.41) is 6.41. The Kier molecular flexibility index (Phi) is 7.82. The maximum Gasteiger partial charge on any atom is 0.253 e. The number of likely N-dealkylation sites (tertiary alicyclic amines) is 1. The third-order valence-corrected chi connectivity index (χ3v) is 8.30. The van der Waals surface area contributed by atoms with Gasteiger partial charge in [-0.1, -0.05) is 26.8 Å². The highest BCUT2D eigenvalue weighted by atomic mass is 32.2. The largest absolute Gasteiger partial charge is 0.340 e. The van der Waals surface area contributed by atoms with E-state index < -0.39 is 9.84 Å². The standard InChI is InChI=1S/C28H35N5O3S/c1-20-18-29-27(31-22-13-11-21(12-14-22)26(34)33-15-6-5-7-16-33)32-25(20)30-23-9-8-10-24(17-23)37(35,36)19-28(2,3)4/h8-14,17-18H,5-7,15-16,19H2,1-4H3,(H2,29,30,31,32). The lowest BCUT2D eigenvalue weighted by Crippen LogP contribution is -2.35. The number of amides is 1. The summed E-state index contributed by atoms with van der Waals surface area (Å²) < 4.78 is 25.7. The summed E-state index contributed by atoms with van der Waals surface area (Å²) >= 11 is 0. The van der Waals surface area contributed by atoms with Crippen LogP contribution in [0.4, 0.5) is 23.1 Å². The second-order valence-electron chi connectivity index (χ2n) is 10.8. The summed E-state index contributed by atoms with van der Waals surface area (Å²) in [6.07, 6.45) is 5.00. The van der Waals surface area contributed by atoms with Gasteiger partial charge in [0.05, 0.1) is 10.6 Å². The second-order valence-corrected chi connectivity index (χ2v) is 12.7. The zero-order chi connectivity index (χ0) is 26.6. The fraction of sp³-hybridized carbons (Fsp3) is 0.393. The van der Waals surface area contributed by atoms with Gasteiger partial charge in [-0.15, -0.1) is 0 Å². The molecule has 0 spiro atoms. The van der Waals surface area contributed by atoms with Crippen molar-refractivity contribution in [1.82, 2.24) is 14.9 Å². The van der Waals surface area contributed by atoms with Crippen molar-refractivity contribution in [2.75, 3.05) is 29.5 Å². The van der Waals surface area contributed by atoms with Gasteiger partial charge in [0.2, 0.25) is 5.95 Å². The summed E-state index contributed by atoms with van der Waals surface area (Å²) in [5.41, 5.74) is 2.53. The summed E-state index contributed by atoms with van der Waals surface area (Å²) in [6, 6.07) is 14.1. The Balaban J connectivity index is 1.47. The van der Waals surface area contributed by atoms with Crippen LogP contribution >= 0.6 is 0 Å². The topological polar surface area (TPSA) is 104 Å². The number of piperidine rings is 1. The number of nitrogens with zero attached hydrogens (tertiary/aromatic N) is 3. The van der Waals surface area contributed by atoms with Crippen LogP contribution in [0.2, 0.25) is 0 Å². The van der Waals surface area contributed by atoms with Gasteiger partial charge in [0.15, 0.2) is 9.84 Å². The van der Waals surface area contributed by atoms with Gasteiger partial charge in [-0.25, -0.2) is 13.4 Å². The molecular formula is C28H35N5O3S. The van der Waals surface area contributed by atoms with Gasteiger partial charge in [-0.3, -0.25) is 4.79 Å². The lowest BCUT2D eigenvalue weighted by molar-refractivity contribution is 0.0724. The van der Waals surface area contributed by atoms with E-state index in [1.807, 2.05) is 62.9 Å². The summed E-state index contributed by atoms with van der Waals surface area (Å²) in [5.74, 6) is 1.09. The molecule has 196 valence electrons. The van der Waals surface area contributed by atoms with Crippen molar-refractivity contribution in [2.45, 2.75) is 51.9 Å². The quantitative estimate of drug-likeness (QED) is 0.410. The second kappa shape index (κ2) is 10.9. The molecule has 1 aromatic heterocycles. The monoisotopic (exact) mass is 521 g/mol. The first kappa shape index (κ1) is 26.6. The lowest BCUT2D eigenvalue weighted by atomic mass is 10.0. The Labute approximate surface area is 219 Å². The van der Waals surface area contributed by atoms with Crippen molar-refractivity contribution in [3.05, 3.63) is 65.9 Å². The van der Waals surface area contributed by atoms with Crippen LogP contribution in [-0.4, -0.2) is 48.0 Å². The van der Waals surface area contributed by atoms with E-state index in [0.29, 0.717) is 23.0 Å². The number of nitrogens with one attached hydrogen (secondary N) is 2. The molecule has 37 heavy (non-hydrogen) atoms. The molecule has 1 fully saturated rings. The molecular weight excluding hydrogens is 486 g/mol. The van der Waals surface area contributed by atoms with Crippen LogP contribution in [-0.2, 0) is 9.84 Å². The van der Waals surface area contributed by atoms with Crippen molar-refractivity contribution < 1.29 is 13.2 Å². The van der Waals surface area contributed by atoms with E-state index in [0.717, 1.165) is 37.2 Å². The van der Waals surface area contributed by atoms with Gasteiger partial charge in [0, 0.05) is 41.8 Å². The first-order valence-electron chi connectivity index (χ1n) is 12.6. The number of carbonyl (C=O) groups is 1. The fourth-order valence-corrected chi connectivity index (χ4v) is 6.19. The van der Waals surface area contributed by atoms with Gasteiger partial charge in [-0.05, 0) is 74.1 Å². The van der Waals surface area contributed by atoms with Gasteiger partial charge in [0.1, 0.15) is 5.82 Å².